The number of aromatic nitrogens is 4. The molecule has 140 valence electrons. The van der Waals surface area contributed by atoms with Gasteiger partial charge in [-0.15, -0.1) is 0 Å². The van der Waals surface area contributed by atoms with Crippen LogP contribution < -0.4 is 5.32 Å². The van der Waals surface area contributed by atoms with E-state index in [2.05, 4.69) is 15.4 Å². The minimum atomic E-state index is -0.381. The van der Waals surface area contributed by atoms with Crippen LogP contribution in [0, 0.1) is 12.7 Å². The molecule has 6 nitrogen and oxygen atoms in total. The number of benzene rings is 2. The van der Waals surface area contributed by atoms with Crippen molar-refractivity contribution in [3.63, 3.8) is 0 Å². The number of halogens is 1. The van der Waals surface area contributed by atoms with Gasteiger partial charge in [-0.3, -0.25) is 4.79 Å². The van der Waals surface area contributed by atoms with Crippen molar-refractivity contribution in [1.82, 2.24) is 19.3 Å². The Morgan fingerprint density at radius 3 is 2.68 bits per heavy atom. The van der Waals surface area contributed by atoms with Gasteiger partial charge in [-0.05, 0) is 30.7 Å². The highest BCUT2D eigenvalue weighted by Gasteiger charge is 2.34. The average molecular weight is 375 g/mol. The molecule has 1 aliphatic heterocycles. The SMILES string of the molecule is Cc1nn(-c2nc3ccccc3n2C)c2c1[C@@H](c1ccccc1F)CC(=O)N2. The van der Waals surface area contributed by atoms with Crippen LogP contribution in [-0.4, -0.2) is 25.2 Å². The number of nitrogens with one attached hydrogen (secondary N) is 1. The minimum absolute atomic E-state index is 0.166. The summed E-state index contributed by atoms with van der Waals surface area (Å²) in [6.07, 6.45) is 0.184. The van der Waals surface area contributed by atoms with Gasteiger partial charge in [-0.1, -0.05) is 30.3 Å². The predicted molar refractivity (Wildman–Crippen MR) is 104 cm³/mol. The standard InChI is InChI=1S/C21H18FN5O/c1-12-19-14(13-7-3-4-8-15(13)22)11-18(28)24-20(19)27(25-12)21-23-16-9-5-6-10-17(16)26(21)2/h3-10,14H,11H2,1-2H3,(H,24,28)/t14-/m1/s1. The molecule has 7 heteroatoms. The highest BCUT2D eigenvalue weighted by Crippen LogP contribution is 2.41. The molecule has 1 N–H and O–H groups in total. The molecule has 0 fully saturated rings. The first-order valence-electron chi connectivity index (χ1n) is 9.10. The van der Waals surface area contributed by atoms with E-state index in [0.29, 0.717) is 17.3 Å². The summed E-state index contributed by atoms with van der Waals surface area (Å²) in [5.41, 5.74) is 3.89. The first-order valence-corrected chi connectivity index (χ1v) is 9.10. The highest BCUT2D eigenvalue weighted by atomic mass is 19.1. The topological polar surface area (TPSA) is 64.7 Å². The second kappa shape index (κ2) is 6.02. The fourth-order valence-corrected chi connectivity index (χ4v) is 4.04. The number of para-hydroxylation sites is 2. The lowest BCUT2D eigenvalue weighted by molar-refractivity contribution is -0.116. The van der Waals surface area contributed by atoms with Crippen molar-refractivity contribution < 1.29 is 9.18 Å². The van der Waals surface area contributed by atoms with E-state index in [0.717, 1.165) is 22.3 Å². The summed E-state index contributed by atoms with van der Waals surface area (Å²) in [7, 11) is 1.91. The maximum atomic E-state index is 14.5. The molecular weight excluding hydrogens is 357 g/mol. The van der Waals surface area contributed by atoms with Crippen molar-refractivity contribution in [1.29, 1.82) is 0 Å². The number of amides is 1. The largest absolute Gasteiger partial charge is 0.311 e. The monoisotopic (exact) mass is 375 g/mol. The third kappa shape index (κ3) is 2.36. The number of carbonyl (C=O) groups excluding carboxylic acids is 1. The summed E-state index contributed by atoms with van der Waals surface area (Å²) in [5.74, 6) is 0.289. The van der Waals surface area contributed by atoms with Gasteiger partial charge in [0, 0.05) is 24.9 Å². The van der Waals surface area contributed by atoms with Crippen molar-refractivity contribution >= 4 is 22.8 Å². The fraction of sp³-hybridized carbons (Fsp3) is 0.190. The van der Waals surface area contributed by atoms with E-state index in [1.165, 1.54) is 6.07 Å². The molecule has 2 aromatic carbocycles. The molecule has 0 bridgehead atoms. The number of imidazole rings is 1. The predicted octanol–water partition coefficient (Wildman–Crippen LogP) is 3.68. The first-order chi connectivity index (χ1) is 13.5. The van der Waals surface area contributed by atoms with E-state index in [4.69, 9.17) is 0 Å². The van der Waals surface area contributed by atoms with Crippen LogP contribution in [0.4, 0.5) is 10.2 Å². The first kappa shape index (κ1) is 16.7. The van der Waals surface area contributed by atoms with Gasteiger partial charge < -0.3 is 9.88 Å². The quantitative estimate of drug-likeness (QED) is 0.581. The van der Waals surface area contributed by atoms with E-state index in [1.807, 2.05) is 42.8 Å². The van der Waals surface area contributed by atoms with Crippen LogP contribution in [-0.2, 0) is 11.8 Å². The third-order valence-corrected chi connectivity index (χ3v) is 5.34. The van der Waals surface area contributed by atoms with Crippen LogP contribution in [0.25, 0.3) is 17.0 Å². The number of carbonyl (C=O) groups is 1. The van der Waals surface area contributed by atoms with Crippen molar-refractivity contribution in [2.75, 3.05) is 5.32 Å². The van der Waals surface area contributed by atoms with Crippen molar-refractivity contribution in [2.45, 2.75) is 19.3 Å². The number of fused-ring (bicyclic) bond motifs is 2. The molecule has 1 atom stereocenters. The Morgan fingerprint density at radius 1 is 1.14 bits per heavy atom. The van der Waals surface area contributed by atoms with Gasteiger partial charge in [0.2, 0.25) is 11.9 Å². The van der Waals surface area contributed by atoms with E-state index < -0.39 is 0 Å². The fourth-order valence-electron chi connectivity index (χ4n) is 4.04. The Kier molecular flexibility index (Phi) is 3.58. The molecule has 3 heterocycles. The maximum Gasteiger partial charge on any atom is 0.233 e. The zero-order valence-corrected chi connectivity index (χ0v) is 15.5. The molecule has 0 unspecified atom stereocenters. The minimum Gasteiger partial charge on any atom is -0.311 e. The molecule has 2 aromatic heterocycles. The molecule has 0 spiro atoms. The molecule has 0 saturated carbocycles. The summed E-state index contributed by atoms with van der Waals surface area (Å²) < 4.78 is 18.1. The van der Waals surface area contributed by atoms with Gasteiger partial charge in [-0.2, -0.15) is 9.78 Å². The zero-order valence-electron chi connectivity index (χ0n) is 15.5. The van der Waals surface area contributed by atoms with Crippen molar-refractivity contribution in [3.05, 3.63) is 71.2 Å². The maximum absolute atomic E-state index is 14.5. The molecule has 1 amide bonds. The molecule has 1 aliphatic rings. The van der Waals surface area contributed by atoms with Crippen molar-refractivity contribution in [3.8, 4) is 5.95 Å². The van der Waals surface area contributed by atoms with Gasteiger partial charge in [0.05, 0.1) is 16.7 Å². The molecule has 0 saturated heterocycles. The van der Waals surface area contributed by atoms with Crippen LogP contribution >= 0.6 is 0 Å². The van der Waals surface area contributed by atoms with Gasteiger partial charge in [0.25, 0.3) is 0 Å². The number of nitrogens with zero attached hydrogens (tertiary/aromatic N) is 4. The number of hydrogen-bond donors (Lipinski definition) is 1. The highest BCUT2D eigenvalue weighted by molar-refractivity contribution is 5.95. The van der Waals surface area contributed by atoms with E-state index >= 15 is 0 Å². The molecule has 28 heavy (non-hydrogen) atoms. The van der Waals surface area contributed by atoms with E-state index in [-0.39, 0.29) is 24.1 Å². The Labute approximate surface area is 160 Å². The van der Waals surface area contributed by atoms with E-state index in [1.54, 1.807) is 22.9 Å². The summed E-state index contributed by atoms with van der Waals surface area (Å²) in [5, 5.41) is 7.58. The number of rotatable bonds is 2. The van der Waals surface area contributed by atoms with Crippen LogP contribution in [0.3, 0.4) is 0 Å². The lowest BCUT2D eigenvalue weighted by Crippen LogP contribution is -2.25. The normalized spacial score (nSPS) is 16.2. The second-order valence-corrected chi connectivity index (χ2v) is 7.05. The molecule has 0 radical (unpaired) electrons. The zero-order chi connectivity index (χ0) is 19.4. The van der Waals surface area contributed by atoms with E-state index in [9.17, 15) is 9.18 Å². The van der Waals surface area contributed by atoms with Crippen LogP contribution in [0.5, 0.6) is 0 Å². The smallest absolute Gasteiger partial charge is 0.233 e. The number of hydrogen-bond acceptors (Lipinski definition) is 3. The van der Waals surface area contributed by atoms with Gasteiger partial charge in [-0.25, -0.2) is 9.37 Å². The number of aryl methyl sites for hydroxylation is 2. The lowest BCUT2D eigenvalue weighted by Gasteiger charge is -2.24. The van der Waals surface area contributed by atoms with Crippen LogP contribution in [0.1, 0.15) is 29.2 Å². The average Bonchev–Trinajstić information content (AvgIpc) is 3.19. The summed E-state index contributed by atoms with van der Waals surface area (Å²) in [6, 6.07) is 14.4. The van der Waals surface area contributed by atoms with Gasteiger partial charge >= 0.3 is 0 Å². The Bertz CT molecular complexity index is 1240. The molecule has 5 rings (SSSR count). The molecular formula is C21H18FN5O. The Hall–Kier alpha value is -3.48. The summed E-state index contributed by atoms with van der Waals surface area (Å²) in [6.45, 7) is 1.88. The number of anilines is 1. The molecule has 4 aromatic rings. The van der Waals surface area contributed by atoms with Crippen LogP contribution in [0.2, 0.25) is 0 Å². The van der Waals surface area contributed by atoms with Crippen LogP contribution in [0.15, 0.2) is 48.5 Å². The second-order valence-electron chi connectivity index (χ2n) is 7.05. The lowest BCUT2D eigenvalue weighted by atomic mass is 9.85. The third-order valence-electron chi connectivity index (χ3n) is 5.34. The molecule has 0 aliphatic carbocycles. The summed E-state index contributed by atoms with van der Waals surface area (Å²) >= 11 is 0. The summed E-state index contributed by atoms with van der Waals surface area (Å²) in [4.78, 5) is 17.2. The Morgan fingerprint density at radius 2 is 1.89 bits per heavy atom. The van der Waals surface area contributed by atoms with Gasteiger partial charge in [0.1, 0.15) is 11.6 Å². The van der Waals surface area contributed by atoms with Crippen molar-refractivity contribution in [2.24, 2.45) is 7.05 Å². The van der Waals surface area contributed by atoms with Gasteiger partial charge in [0.15, 0.2) is 0 Å². The Balaban J connectivity index is 1.73.